The lowest BCUT2D eigenvalue weighted by Crippen LogP contribution is -1.92. The Bertz CT molecular complexity index is 111. The molecule has 0 aliphatic heterocycles. The van der Waals surface area contributed by atoms with Gasteiger partial charge in [-0.2, -0.15) is 0 Å². The molecule has 0 bridgehead atoms. The minimum Gasteiger partial charge on any atom is -0.481 e. The van der Waals surface area contributed by atoms with Crippen LogP contribution in [0.4, 0.5) is 0 Å². The van der Waals surface area contributed by atoms with E-state index in [0.29, 0.717) is 5.66 Å². The van der Waals surface area contributed by atoms with Crippen molar-refractivity contribution in [2.45, 2.75) is 0 Å². The van der Waals surface area contributed by atoms with Gasteiger partial charge in [0.1, 0.15) is 0 Å². The maximum absolute atomic E-state index is 5.11. The Morgan fingerprint density at radius 2 is 2.50 bits per heavy atom. The molecule has 0 saturated heterocycles. The average Bonchev–Trinajstić information content (AvgIpc) is 1.86. The van der Waals surface area contributed by atoms with Crippen LogP contribution in [0.3, 0.4) is 0 Å². The predicted octanol–water partition coefficient (Wildman–Crippen LogP) is 0.0734. The van der Waals surface area contributed by atoms with Gasteiger partial charge in [0.05, 0.1) is 6.26 Å². The smallest absolute Gasteiger partial charge is 0.167 e. The van der Waals surface area contributed by atoms with Crippen molar-refractivity contribution in [3.63, 3.8) is 0 Å². The van der Waals surface area contributed by atoms with E-state index in [2.05, 4.69) is 4.42 Å². The maximum Gasteiger partial charge on any atom is 0.167 e. The summed E-state index contributed by atoms with van der Waals surface area (Å²) in [4.78, 5) is 0. The van der Waals surface area contributed by atoms with Crippen LogP contribution in [0.15, 0.2) is 22.8 Å². The van der Waals surface area contributed by atoms with Crippen molar-refractivity contribution in [1.29, 1.82) is 0 Å². The Labute approximate surface area is 37.4 Å². The van der Waals surface area contributed by atoms with Gasteiger partial charge in [-0.1, -0.05) is 0 Å². The summed E-state index contributed by atoms with van der Waals surface area (Å²) in [5.74, 6) is 0. The molecule has 0 spiro atoms. The number of hydrogen-bond acceptors (Lipinski definition) is 1. The third kappa shape index (κ3) is 0.457. The molecular formula is C4H3BO. The predicted molar refractivity (Wildman–Crippen MR) is 24.1 cm³/mol. The first-order valence-corrected chi connectivity index (χ1v) is 1.68. The SMILES string of the molecule is [B]c1ccco1. The fourth-order valence-electron chi connectivity index (χ4n) is 0.291. The van der Waals surface area contributed by atoms with Crippen molar-refractivity contribution in [3.05, 3.63) is 18.4 Å². The second kappa shape index (κ2) is 1.21. The van der Waals surface area contributed by atoms with Gasteiger partial charge in [0.15, 0.2) is 7.85 Å². The summed E-state index contributed by atoms with van der Waals surface area (Å²) in [5, 5.41) is 0. The zero-order chi connectivity index (χ0) is 4.41. The Balaban J connectivity index is 3.05. The molecule has 1 aromatic heterocycles. The lowest BCUT2D eigenvalue weighted by molar-refractivity contribution is 0.602. The molecule has 1 nitrogen and oxygen atoms in total. The topological polar surface area (TPSA) is 13.1 Å². The van der Waals surface area contributed by atoms with E-state index in [9.17, 15) is 0 Å². The lowest BCUT2D eigenvalue weighted by Gasteiger charge is -1.69. The summed E-state index contributed by atoms with van der Waals surface area (Å²) >= 11 is 0. The molecule has 28 valence electrons. The van der Waals surface area contributed by atoms with E-state index < -0.39 is 0 Å². The molecule has 6 heavy (non-hydrogen) atoms. The monoisotopic (exact) mass is 78.0 g/mol. The highest BCUT2D eigenvalue weighted by molar-refractivity contribution is 6.29. The van der Waals surface area contributed by atoms with E-state index in [-0.39, 0.29) is 0 Å². The van der Waals surface area contributed by atoms with Crippen molar-refractivity contribution in [3.8, 4) is 0 Å². The highest BCUT2D eigenvalue weighted by Gasteiger charge is 1.75. The summed E-state index contributed by atoms with van der Waals surface area (Å²) in [5.41, 5.74) is 0.468. The molecule has 0 N–H and O–H groups in total. The summed E-state index contributed by atoms with van der Waals surface area (Å²) in [6, 6.07) is 3.44. The van der Waals surface area contributed by atoms with Gasteiger partial charge in [0.25, 0.3) is 0 Å². The average molecular weight is 77.9 g/mol. The second-order valence-electron chi connectivity index (χ2n) is 1.02. The van der Waals surface area contributed by atoms with Crippen LogP contribution in [0.2, 0.25) is 0 Å². The molecule has 0 aliphatic carbocycles. The van der Waals surface area contributed by atoms with Crippen LogP contribution in [0.1, 0.15) is 0 Å². The third-order valence-electron chi connectivity index (χ3n) is 0.543. The van der Waals surface area contributed by atoms with Crippen molar-refractivity contribution in [2.24, 2.45) is 0 Å². The van der Waals surface area contributed by atoms with Crippen LogP contribution in [-0.4, -0.2) is 7.85 Å². The largest absolute Gasteiger partial charge is 0.481 e. The van der Waals surface area contributed by atoms with E-state index in [0.717, 1.165) is 0 Å². The Morgan fingerprint density at radius 3 is 2.67 bits per heavy atom. The molecule has 1 rings (SSSR count). The molecule has 2 heteroatoms. The fourth-order valence-corrected chi connectivity index (χ4v) is 0.291. The van der Waals surface area contributed by atoms with Crippen molar-refractivity contribution < 1.29 is 4.42 Å². The van der Waals surface area contributed by atoms with Crippen molar-refractivity contribution >= 4 is 13.5 Å². The van der Waals surface area contributed by atoms with Gasteiger partial charge in [0, 0.05) is 5.66 Å². The van der Waals surface area contributed by atoms with Gasteiger partial charge in [-0.05, 0) is 12.1 Å². The molecule has 1 aromatic rings. The highest BCUT2D eigenvalue weighted by atomic mass is 16.3. The number of hydrogen-bond donors (Lipinski definition) is 0. The Morgan fingerprint density at radius 1 is 1.67 bits per heavy atom. The van der Waals surface area contributed by atoms with Gasteiger partial charge in [-0.25, -0.2) is 0 Å². The van der Waals surface area contributed by atoms with E-state index >= 15 is 0 Å². The molecule has 0 amide bonds. The first-order chi connectivity index (χ1) is 2.89. The summed E-state index contributed by atoms with van der Waals surface area (Å²) in [6.07, 6.45) is 1.54. The molecule has 0 aromatic carbocycles. The Hall–Kier alpha value is -0.655. The summed E-state index contributed by atoms with van der Waals surface area (Å²) in [7, 11) is 5.11. The van der Waals surface area contributed by atoms with Crippen LogP contribution >= 0.6 is 0 Å². The van der Waals surface area contributed by atoms with Gasteiger partial charge in [-0.15, -0.1) is 0 Å². The summed E-state index contributed by atoms with van der Waals surface area (Å²) < 4.78 is 4.61. The zero-order valence-corrected chi connectivity index (χ0v) is 3.22. The van der Waals surface area contributed by atoms with E-state index in [1.807, 2.05) is 0 Å². The van der Waals surface area contributed by atoms with E-state index in [1.54, 1.807) is 12.1 Å². The van der Waals surface area contributed by atoms with Gasteiger partial charge < -0.3 is 4.42 Å². The first-order valence-electron chi connectivity index (χ1n) is 1.68. The van der Waals surface area contributed by atoms with Gasteiger partial charge in [0.2, 0.25) is 0 Å². The van der Waals surface area contributed by atoms with Crippen LogP contribution in [-0.2, 0) is 0 Å². The van der Waals surface area contributed by atoms with Crippen LogP contribution in [0.25, 0.3) is 0 Å². The molecule has 0 atom stereocenters. The molecule has 2 radical (unpaired) electrons. The quantitative estimate of drug-likeness (QED) is 0.400. The zero-order valence-electron chi connectivity index (χ0n) is 3.22. The molecule has 0 aliphatic rings. The van der Waals surface area contributed by atoms with E-state index in [4.69, 9.17) is 7.85 Å². The first kappa shape index (κ1) is 3.53. The van der Waals surface area contributed by atoms with Crippen LogP contribution in [0.5, 0.6) is 0 Å². The Kier molecular flexibility index (Phi) is 0.711. The van der Waals surface area contributed by atoms with Crippen molar-refractivity contribution in [1.82, 2.24) is 0 Å². The summed E-state index contributed by atoms with van der Waals surface area (Å²) in [6.45, 7) is 0. The minimum atomic E-state index is 0.468. The normalized spacial score (nSPS) is 8.67. The minimum absolute atomic E-state index is 0.468. The second-order valence-corrected chi connectivity index (χ2v) is 1.02. The highest BCUT2D eigenvalue weighted by Crippen LogP contribution is 1.75. The van der Waals surface area contributed by atoms with Gasteiger partial charge >= 0.3 is 0 Å². The molecule has 0 unspecified atom stereocenters. The molecular weight excluding hydrogens is 74.9 g/mol. The van der Waals surface area contributed by atoms with Crippen molar-refractivity contribution in [2.75, 3.05) is 0 Å². The third-order valence-corrected chi connectivity index (χ3v) is 0.543. The van der Waals surface area contributed by atoms with Crippen LogP contribution in [0, 0.1) is 0 Å². The van der Waals surface area contributed by atoms with Gasteiger partial charge in [-0.3, -0.25) is 0 Å². The maximum atomic E-state index is 5.11. The fraction of sp³-hybridized carbons (Fsp3) is 0. The standard InChI is InChI=1S/C4H3BO/c5-4-2-1-3-6-4/h1-3H. The number of rotatable bonds is 0. The van der Waals surface area contributed by atoms with E-state index in [1.165, 1.54) is 6.26 Å². The molecule has 0 saturated carbocycles. The van der Waals surface area contributed by atoms with Crippen LogP contribution < -0.4 is 5.66 Å². The molecule has 0 fully saturated rings. The molecule has 1 heterocycles. The number of furan rings is 1. The lowest BCUT2D eigenvalue weighted by atomic mass is 10.1.